The van der Waals surface area contributed by atoms with Crippen LogP contribution >= 0.6 is 0 Å². The van der Waals surface area contributed by atoms with Crippen LogP contribution in [0.3, 0.4) is 0 Å². The molecule has 1 unspecified atom stereocenters. The molecule has 0 N–H and O–H groups in total. The molecule has 1 aliphatic heterocycles. The zero-order valence-corrected chi connectivity index (χ0v) is 11.4. The Bertz CT molecular complexity index is 578. The van der Waals surface area contributed by atoms with Crippen molar-refractivity contribution in [2.24, 2.45) is 0 Å². The molecule has 1 aromatic carbocycles. The van der Waals surface area contributed by atoms with E-state index in [0.717, 1.165) is 13.2 Å². The number of carbonyl (C=O) groups is 1. The van der Waals surface area contributed by atoms with E-state index in [4.69, 9.17) is 9.47 Å². The Balaban J connectivity index is 2.53. The number of hydrogen-bond donors (Lipinski definition) is 0. The molecule has 0 saturated carbocycles. The summed E-state index contributed by atoms with van der Waals surface area (Å²) in [5.41, 5.74) is 0.280. The van der Waals surface area contributed by atoms with Gasteiger partial charge in [0, 0.05) is 18.2 Å². The van der Waals surface area contributed by atoms with E-state index in [9.17, 15) is 18.0 Å². The van der Waals surface area contributed by atoms with Gasteiger partial charge in [0.15, 0.2) is 0 Å². The van der Waals surface area contributed by atoms with Crippen molar-refractivity contribution in [3.05, 3.63) is 34.9 Å². The van der Waals surface area contributed by atoms with Gasteiger partial charge in [0.2, 0.25) is 6.10 Å². The predicted molar refractivity (Wildman–Crippen MR) is 67.6 cm³/mol. The number of alkyl halides is 3. The zero-order chi connectivity index (χ0) is 15.6. The minimum atomic E-state index is -4.72. The Labute approximate surface area is 119 Å². The number of rotatable bonds is 3. The Hall–Kier alpha value is -2.02. The van der Waals surface area contributed by atoms with Crippen LogP contribution in [0.25, 0.3) is 6.08 Å². The third kappa shape index (κ3) is 3.02. The molecule has 0 aromatic heterocycles. The zero-order valence-electron chi connectivity index (χ0n) is 11.4. The molecule has 0 fully saturated rings. The lowest BCUT2D eigenvalue weighted by Crippen LogP contribution is -2.40. The number of ether oxygens (including phenoxy) is 3. The maximum atomic E-state index is 13.1. The van der Waals surface area contributed by atoms with E-state index in [0.29, 0.717) is 11.1 Å². The summed E-state index contributed by atoms with van der Waals surface area (Å²) in [5.74, 6) is -1.01. The van der Waals surface area contributed by atoms with E-state index in [-0.39, 0.29) is 12.4 Å². The van der Waals surface area contributed by atoms with Crippen LogP contribution in [-0.4, -0.2) is 32.5 Å². The van der Waals surface area contributed by atoms with Crippen molar-refractivity contribution >= 4 is 12.0 Å². The van der Waals surface area contributed by atoms with Crippen LogP contribution in [-0.2, 0) is 20.9 Å². The van der Waals surface area contributed by atoms with Crippen molar-refractivity contribution in [1.29, 1.82) is 0 Å². The monoisotopic (exact) mass is 302 g/mol. The van der Waals surface area contributed by atoms with Crippen LogP contribution in [0.4, 0.5) is 13.2 Å². The van der Waals surface area contributed by atoms with Crippen LogP contribution in [0.15, 0.2) is 23.8 Å². The van der Waals surface area contributed by atoms with Crippen molar-refractivity contribution in [3.8, 4) is 5.75 Å². The van der Waals surface area contributed by atoms with Crippen LogP contribution in [0, 0.1) is 0 Å². The topological polar surface area (TPSA) is 44.8 Å². The number of methoxy groups -OCH3 is 2. The summed E-state index contributed by atoms with van der Waals surface area (Å²) in [6.45, 7) is 0.106. The van der Waals surface area contributed by atoms with E-state index < -0.39 is 23.8 Å². The van der Waals surface area contributed by atoms with Crippen molar-refractivity contribution in [3.63, 3.8) is 0 Å². The summed E-state index contributed by atoms with van der Waals surface area (Å²) in [4.78, 5) is 11.5. The van der Waals surface area contributed by atoms with Gasteiger partial charge in [-0.3, -0.25) is 0 Å². The number of benzene rings is 1. The minimum absolute atomic E-state index is 0.0642. The molecule has 1 atom stereocenters. The van der Waals surface area contributed by atoms with E-state index in [1.54, 1.807) is 18.2 Å². The second kappa shape index (κ2) is 5.77. The molecule has 0 spiro atoms. The second-order valence-electron chi connectivity index (χ2n) is 4.40. The van der Waals surface area contributed by atoms with Crippen LogP contribution in [0.5, 0.6) is 5.75 Å². The first-order valence-corrected chi connectivity index (χ1v) is 6.02. The van der Waals surface area contributed by atoms with Crippen molar-refractivity contribution in [2.75, 3.05) is 14.2 Å². The highest BCUT2D eigenvalue weighted by atomic mass is 19.4. The van der Waals surface area contributed by atoms with Crippen molar-refractivity contribution < 1.29 is 32.2 Å². The van der Waals surface area contributed by atoms with Crippen molar-refractivity contribution in [1.82, 2.24) is 0 Å². The first-order chi connectivity index (χ1) is 9.88. The molecule has 0 aliphatic carbocycles. The minimum Gasteiger partial charge on any atom is -0.475 e. The molecule has 1 aliphatic rings. The van der Waals surface area contributed by atoms with Gasteiger partial charge in [-0.2, -0.15) is 13.2 Å². The lowest BCUT2D eigenvalue weighted by Gasteiger charge is -2.28. The summed E-state index contributed by atoms with van der Waals surface area (Å²) < 4.78 is 53.7. The number of carbonyl (C=O) groups excluding carboxylic acids is 1. The molecule has 4 nitrogen and oxygen atoms in total. The summed E-state index contributed by atoms with van der Waals surface area (Å²) in [7, 11) is 2.45. The van der Waals surface area contributed by atoms with E-state index in [2.05, 4.69) is 4.74 Å². The standard InChI is InChI=1S/C14H13F3O4/c1-19-7-9-5-3-4-8-6-10(13(18)20-2)12(14(15,16)17)21-11(8)9/h3-6,12H,7H2,1-2H3. The molecule has 21 heavy (non-hydrogen) atoms. The first kappa shape index (κ1) is 15.4. The van der Waals surface area contributed by atoms with Gasteiger partial charge >= 0.3 is 12.1 Å². The van der Waals surface area contributed by atoms with E-state index in [1.807, 2.05) is 0 Å². The van der Waals surface area contributed by atoms with Crippen LogP contribution < -0.4 is 4.74 Å². The highest BCUT2D eigenvalue weighted by Gasteiger charge is 2.49. The average Bonchev–Trinajstić information content (AvgIpc) is 2.44. The average molecular weight is 302 g/mol. The Morgan fingerprint density at radius 2 is 2.05 bits per heavy atom. The van der Waals surface area contributed by atoms with Gasteiger partial charge in [0.25, 0.3) is 0 Å². The highest BCUT2D eigenvalue weighted by Crippen LogP contribution is 2.39. The summed E-state index contributed by atoms with van der Waals surface area (Å²) in [5, 5.41) is 0. The maximum Gasteiger partial charge on any atom is 0.430 e. The fourth-order valence-electron chi connectivity index (χ4n) is 2.08. The third-order valence-corrected chi connectivity index (χ3v) is 2.97. The molecule has 114 valence electrons. The molecule has 1 aromatic rings. The maximum absolute atomic E-state index is 13.1. The molecule has 2 rings (SSSR count). The molecule has 0 radical (unpaired) electrons. The number of para-hydroxylation sites is 1. The van der Waals surface area contributed by atoms with Gasteiger partial charge in [-0.1, -0.05) is 18.2 Å². The fourth-order valence-corrected chi connectivity index (χ4v) is 2.08. The number of hydrogen-bond acceptors (Lipinski definition) is 4. The van der Waals surface area contributed by atoms with Crippen LogP contribution in [0.2, 0.25) is 0 Å². The predicted octanol–water partition coefficient (Wildman–Crippen LogP) is 2.71. The molecule has 0 bridgehead atoms. The second-order valence-corrected chi connectivity index (χ2v) is 4.40. The summed E-state index contributed by atoms with van der Waals surface area (Å²) in [6.07, 6.45) is -5.93. The molecule has 1 heterocycles. The largest absolute Gasteiger partial charge is 0.475 e. The number of fused-ring (bicyclic) bond motifs is 1. The smallest absolute Gasteiger partial charge is 0.430 e. The SMILES string of the molecule is COCc1cccc2c1OC(C(F)(F)F)C(C(=O)OC)=C2. The van der Waals surface area contributed by atoms with Crippen molar-refractivity contribution in [2.45, 2.75) is 18.9 Å². The molecular formula is C14H13F3O4. The fraction of sp³-hybridized carbons (Fsp3) is 0.357. The van der Waals surface area contributed by atoms with E-state index >= 15 is 0 Å². The summed E-state index contributed by atoms with van der Waals surface area (Å²) in [6, 6.07) is 4.81. The van der Waals surface area contributed by atoms with Gasteiger partial charge in [0.05, 0.1) is 19.3 Å². The van der Waals surface area contributed by atoms with Gasteiger partial charge < -0.3 is 14.2 Å². The number of esters is 1. The van der Waals surface area contributed by atoms with Gasteiger partial charge in [0.1, 0.15) is 5.75 Å². The lowest BCUT2D eigenvalue weighted by molar-refractivity contribution is -0.187. The summed E-state index contributed by atoms with van der Waals surface area (Å²) >= 11 is 0. The third-order valence-electron chi connectivity index (χ3n) is 2.97. The Morgan fingerprint density at radius 1 is 1.33 bits per heavy atom. The molecule has 0 amide bonds. The van der Waals surface area contributed by atoms with Gasteiger partial charge in [-0.15, -0.1) is 0 Å². The normalized spacial score (nSPS) is 17.6. The Morgan fingerprint density at radius 3 is 2.62 bits per heavy atom. The number of halogens is 3. The quantitative estimate of drug-likeness (QED) is 0.805. The molecular weight excluding hydrogens is 289 g/mol. The van der Waals surface area contributed by atoms with E-state index in [1.165, 1.54) is 7.11 Å². The first-order valence-electron chi connectivity index (χ1n) is 6.02. The van der Waals surface area contributed by atoms with Crippen LogP contribution in [0.1, 0.15) is 11.1 Å². The molecule has 7 heteroatoms. The highest BCUT2D eigenvalue weighted by molar-refractivity contribution is 5.96. The molecule has 0 saturated heterocycles. The van der Waals surface area contributed by atoms with Gasteiger partial charge in [-0.25, -0.2) is 4.79 Å². The lowest BCUT2D eigenvalue weighted by atomic mass is 9.99. The van der Waals surface area contributed by atoms with Gasteiger partial charge in [-0.05, 0) is 6.08 Å². The Kier molecular flexibility index (Phi) is 4.22.